The van der Waals surface area contributed by atoms with Crippen LogP contribution in [0.3, 0.4) is 0 Å². The van der Waals surface area contributed by atoms with E-state index in [1.807, 2.05) is 24.3 Å². The summed E-state index contributed by atoms with van der Waals surface area (Å²) in [6, 6.07) is 2.08. The van der Waals surface area contributed by atoms with Crippen molar-refractivity contribution in [3.05, 3.63) is 29.6 Å². The van der Waals surface area contributed by atoms with Gasteiger partial charge in [-0.25, -0.2) is 0 Å². The Morgan fingerprint density at radius 1 is 1.11 bits per heavy atom. The van der Waals surface area contributed by atoms with Gasteiger partial charge in [0.25, 0.3) is 0 Å². The summed E-state index contributed by atoms with van der Waals surface area (Å²) in [5.74, 6) is 1.25. The van der Waals surface area contributed by atoms with Gasteiger partial charge in [0.2, 0.25) is 5.91 Å². The van der Waals surface area contributed by atoms with Gasteiger partial charge < -0.3 is 15.1 Å². The lowest BCUT2D eigenvalue weighted by molar-refractivity contribution is -0.133. The monoisotopic (exact) mass is 386 g/mol. The molecule has 2 aliphatic rings. The molecule has 0 unspecified atom stereocenters. The Kier molecular flexibility index (Phi) is 7.65. The maximum atomic E-state index is 12.5. The molecule has 2 saturated heterocycles. The molecular weight excluding hydrogens is 352 g/mol. The van der Waals surface area contributed by atoms with Crippen LogP contribution in [-0.4, -0.2) is 91.0 Å². The minimum atomic E-state index is 0.295. The summed E-state index contributed by atoms with van der Waals surface area (Å²) < 4.78 is 0. The minimum absolute atomic E-state index is 0.295. The molecule has 154 valence electrons. The van der Waals surface area contributed by atoms with Crippen molar-refractivity contribution in [2.45, 2.75) is 32.6 Å². The average molecular weight is 387 g/mol. The van der Waals surface area contributed by atoms with Crippen LogP contribution in [0, 0.1) is 6.92 Å². The van der Waals surface area contributed by atoms with Crippen LogP contribution >= 0.6 is 0 Å². The molecule has 7 nitrogen and oxygen atoms in total. The van der Waals surface area contributed by atoms with E-state index in [1.54, 1.807) is 0 Å². The molecule has 0 aliphatic carbocycles. The topological polar surface area (TPSA) is 64.1 Å². The molecule has 7 heteroatoms. The molecule has 2 aliphatic heterocycles. The second-order valence-electron chi connectivity index (χ2n) is 7.73. The van der Waals surface area contributed by atoms with E-state index in [0.29, 0.717) is 12.5 Å². The molecule has 0 bridgehead atoms. The summed E-state index contributed by atoms with van der Waals surface area (Å²) in [5, 5.41) is 3.48. The Morgan fingerprint density at radius 3 is 2.54 bits per heavy atom. The number of rotatable bonds is 5. The SMILES string of the molecule is CN=C(NCCc1ccncc1C)N1CCN(CC(=O)N2CCCCC2)CC1. The molecule has 0 radical (unpaired) electrons. The Bertz CT molecular complexity index is 663. The highest BCUT2D eigenvalue weighted by Crippen LogP contribution is 2.10. The van der Waals surface area contributed by atoms with Gasteiger partial charge in [0.05, 0.1) is 6.54 Å². The van der Waals surface area contributed by atoms with Crippen LogP contribution in [-0.2, 0) is 11.2 Å². The maximum absolute atomic E-state index is 12.5. The number of piperidine rings is 1. The second-order valence-corrected chi connectivity index (χ2v) is 7.73. The van der Waals surface area contributed by atoms with Gasteiger partial charge in [0.15, 0.2) is 5.96 Å². The van der Waals surface area contributed by atoms with E-state index < -0.39 is 0 Å². The van der Waals surface area contributed by atoms with Crippen molar-refractivity contribution < 1.29 is 4.79 Å². The highest BCUT2D eigenvalue weighted by molar-refractivity contribution is 5.80. The smallest absolute Gasteiger partial charge is 0.236 e. The molecule has 0 aromatic carbocycles. The number of aromatic nitrogens is 1. The van der Waals surface area contributed by atoms with Crippen molar-refractivity contribution in [2.75, 3.05) is 59.4 Å². The normalized spacial score (nSPS) is 19.0. The van der Waals surface area contributed by atoms with Gasteiger partial charge in [-0.05, 0) is 49.8 Å². The van der Waals surface area contributed by atoms with Crippen LogP contribution in [0.15, 0.2) is 23.5 Å². The number of aryl methyl sites for hydroxylation is 1. The van der Waals surface area contributed by atoms with Crippen molar-refractivity contribution in [1.82, 2.24) is 25.0 Å². The van der Waals surface area contributed by atoms with Crippen molar-refractivity contribution in [3.63, 3.8) is 0 Å². The van der Waals surface area contributed by atoms with Gasteiger partial charge >= 0.3 is 0 Å². The third kappa shape index (κ3) is 5.67. The van der Waals surface area contributed by atoms with Gasteiger partial charge in [-0.15, -0.1) is 0 Å². The van der Waals surface area contributed by atoms with E-state index in [1.165, 1.54) is 17.5 Å². The summed E-state index contributed by atoms with van der Waals surface area (Å²) in [5.41, 5.74) is 2.55. The molecule has 3 heterocycles. The minimum Gasteiger partial charge on any atom is -0.356 e. The van der Waals surface area contributed by atoms with Gasteiger partial charge in [0, 0.05) is 65.3 Å². The number of hydrogen-bond acceptors (Lipinski definition) is 4. The molecule has 1 aromatic rings. The van der Waals surface area contributed by atoms with E-state index in [2.05, 4.69) is 38.1 Å². The van der Waals surface area contributed by atoms with E-state index in [0.717, 1.165) is 71.0 Å². The molecule has 0 saturated carbocycles. The molecule has 0 spiro atoms. The molecule has 28 heavy (non-hydrogen) atoms. The first kappa shape index (κ1) is 20.6. The molecule has 3 rings (SSSR count). The summed E-state index contributed by atoms with van der Waals surface area (Å²) >= 11 is 0. The first-order valence-corrected chi connectivity index (χ1v) is 10.5. The van der Waals surface area contributed by atoms with Gasteiger partial charge in [-0.2, -0.15) is 0 Å². The van der Waals surface area contributed by atoms with Gasteiger partial charge in [-0.3, -0.25) is 19.7 Å². The molecule has 1 amide bonds. The predicted molar refractivity (Wildman–Crippen MR) is 112 cm³/mol. The molecule has 2 fully saturated rings. The number of guanidine groups is 1. The molecular formula is C21H34N6O. The third-order valence-corrected chi connectivity index (χ3v) is 5.77. The first-order valence-electron chi connectivity index (χ1n) is 10.5. The third-order valence-electron chi connectivity index (χ3n) is 5.77. The van der Waals surface area contributed by atoms with Crippen LogP contribution in [0.5, 0.6) is 0 Å². The Morgan fingerprint density at radius 2 is 1.86 bits per heavy atom. The zero-order chi connectivity index (χ0) is 19.8. The van der Waals surface area contributed by atoms with Crippen LogP contribution in [0.25, 0.3) is 0 Å². The number of amides is 1. The highest BCUT2D eigenvalue weighted by Gasteiger charge is 2.23. The van der Waals surface area contributed by atoms with Crippen molar-refractivity contribution >= 4 is 11.9 Å². The van der Waals surface area contributed by atoms with Gasteiger partial charge in [0.1, 0.15) is 0 Å². The summed E-state index contributed by atoms with van der Waals surface area (Å²) in [6.45, 7) is 9.00. The lowest BCUT2D eigenvalue weighted by Crippen LogP contribution is -2.54. The number of carbonyl (C=O) groups is 1. The van der Waals surface area contributed by atoms with Crippen LogP contribution in [0.1, 0.15) is 30.4 Å². The molecule has 1 aromatic heterocycles. The quantitative estimate of drug-likeness (QED) is 0.607. The number of likely N-dealkylation sites (tertiary alicyclic amines) is 1. The number of piperazine rings is 1. The standard InChI is InChI=1S/C21H34N6O/c1-18-16-23-8-6-19(18)7-9-24-21(22-2)27-14-12-25(13-15-27)17-20(28)26-10-4-3-5-11-26/h6,8,16H,3-5,7,9-15,17H2,1-2H3,(H,22,24). The Balaban J connectivity index is 1.40. The van der Waals surface area contributed by atoms with Crippen molar-refractivity contribution in [1.29, 1.82) is 0 Å². The van der Waals surface area contributed by atoms with E-state index in [-0.39, 0.29) is 0 Å². The predicted octanol–water partition coefficient (Wildman–Crippen LogP) is 1.14. The number of pyridine rings is 1. The second kappa shape index (κ2) is 10.4. The summed E-state index contributed by atoms with van der Waals surface area (Å²) in [4.78, 5) is 27.7. The zero-order valence-corrected chi connectivity index (χ0v) is 17.4. The average Bonchev–Trinajstić information content (AvgIpc) is 2.74. The first-order chi connectivity index (χ1) is 13.7. The van der Waals surface area contributed by atoms with Gasteiger partial charge in [-0.1, -0.05) is 0 Å². The van der Waals surface area contributed by atoms with Crippen molar-refractivity contribution in [2.24, 2.45) is 4.99 Å². The number of hydrogen-bond donors (Lipinski definition) is 1. The number of nitrogens with zero attached hydrogens (tertiary/aromatic N) is 5. The number of carbonyl (C=O) groups excluding carboxylic acids is 1. The zero-order valence-electron chi connectivity index (χ0n) is 17.4. The fourth-order valence-electron chi connectivity index (χ4n) is 3.98. The summed E-state index contributed by atoms with van der Waals surface area (Å²) in [6.07, 6.45) is 8.28. The van der Waals surface area contributed by atoms with Crippen LogP contribution in [0.2, 0.25) is 0 Å². The Hall–Kier alpha value is -2.15. The van der Waals surface area contributed by atoms with E-state index >= 15 is 0 Å². The van der Waals surface area contributed by atoms with Crippen molar-refractivity contribution in [3.8, 4) is 0 Å². The van der Waals surface area contributed by atoms with Crippen LogP contribution in [0.4, 0.5) is 0 Å². The van der Waals surface area contributed by atoms with Crippen LogP contribution < -0.4 is 5.32 Å². The Labute approximate surface area is 168 Å². The largest absolute Gasteiger partial charge is 0.356 e. The maximum Gasteiger partial charge on any atom is 0.236 e. The fraction of sp³-hybridized carbons (Fsp3) is 0.667. The summed E-state index contributed by atoms with van der Waals surface area (Å²) in [7, 11) is 1.84. The van der Waals surface area contributed by atoms with E-state index in [4.69, 9.17) is 0 Å². The van der Waals surface area contributed by atoms with E-state index in [9.17, 15) is 4.79 Å². The highest BCUT2D eigenvalue weighted by atomic mass is 16.2. The lowest BCUT2D eigenvalue weighted by atomic mass is 10.1. The number of nitrogens with one attached hydrogen (secondary N) is 1. The fourth-order valence-corrected chi connectivity index (χ4v) is 3.98. The number of aliphatic imine (C=N–C) groups is 1. The lowest BCUT2D eigenvalue weighted by Gasteiger charge is -2.37. The molecule has 0 atom stereocenters. The molecule has 1 N–H and O–H groups in total.